The van der Waals surface area contributed by atoms with Gasteiger partial charge in [-0.05, 0) is 32.0 Å². The molecule has 3 aromatic heterocycles. The summed E-state index contributed by atoms with van der Waals surface area (Å²) < 4.78 is 2.33. The van der Waals surface area contributed by atoms with Crippen molar-refractivity contribution in [2.75, 3.05) is 5.73 Å². The van der Waals surface area contributed by atoms with Gasteiger partial charge < -0.3 is 10.3 Å². The number of thiophene rings is 1. The first-order valence-electron chi connectivity index (χ1n) is 7.06. The maximum absolute atomic E-state index is 11.9. The maximum Gasteiger partial charge on any atom is 0.250 e. The van der Waals surface area contributed by atoms with Gasteiger partial charge in [0.2, 0.25) is 0 Å². The van der Waals surface area contributed by atoms with Crippen LogP contribution >= 0.6 is 22.9 Å². The summed E-state index contributed by atoms with van der Waals surface area (Å²) in [6, 6.07) is 7.05. The van der Waals surface area contributed by atoms with Gasteiger partial charge in [-0.2, -0.15) is 0 Å². The summed E-state index contributed by atoms with van der Waals surface area (Å²) in [5, 5.41) is 0. The molecule has 0 aromatic carbocycles. The third kappa shape index (κ3) is 3.13. The maximum atomic E-state index is 11.9. The molecule has 7 heteroatoms. The first-order valence-corrected chi connectivity index (χ1v) is 8.26. The second kappa shape index (κ2) is 6.14. The molecule has 0 aliphatic rings. The lowest BCUT2D eigenvalue weighted by molar-refractivity contribution is 0.579. The normalized spacial score (nSPS) is 11.1. The van der Waals surface area contributed by atoms with Crippen LogP contribution in [0.25, 0.3) is 21.8 Å². The van der Waals surface area contributed by atoms with Crippen molar-refractivity contribution in [3.8, 4) is 21.8 Å². The highest BCUT2D eigenvalue weighted by molar-refractivity contribution is 7.19. The fraction of sp³-hybridized carbons (Fsp3) is 0.188. The van der Waals surface area contributed by atoms with E-state index in [-0.39, 0.29) is 11.6 Å². The number of rotatable bonds is 3. The number of hydrogen-bond donors (Lipinski definition) is 1. The van der Waals surface area contributed by atoms with Gasteiger partial charge in [-0.1, -0.05) is 11.6 Å². The van der Waals surface area contributed by atoms with E-state index in [4.69, 9.17) is 17.3 Å². The Hall–Kier alpha value is -2.18. The van der Waals surface area contributed by atoms with E-state index in [9.17, 15) is 4.79 Å². The minimum absolute atomic E-state index is 0.0483. The molecule has 0 aliphatic heterocycles. The highest BCUT2D eigenvalue weighted by atomic mass is 35.5. The lowest BCUT2D eigenvalue weighted by atomic mass is 10.1. The van der Waals surface area contributed by atoms with Crippen LogP contribution in [0.2, 0.25) is 4.34 Å². The SMILES string of the molecule is CC(C)n1cc(-c2ncc(N)nc2-c2ccc(Cl)s2)ccc1=O. The Morgan fingerprint density at radius 1 is 1.22 bits per heavy atom. The van der Waals surface area contributed by atoms with E-state index in [1.165, 1.54) is 17.5 Å². The lowest BCUT2D eigenvalue weighted by Crippen LogP contribution is -2.20. The zero-order valence-electron chi connectivity index (χ0n) is 12.7. The van der Waals surface area contributed by atoms with Crippen LogP contribution in [0.15, 0.2) is 41.5 Å². The van der Waals surface area contributed by atoms with Crippen LogP contribution in [0.1, 0.15) is 19.9 Å². The number of nitrogens with two attached hydrogens (primary N) is 1. The summed E-state index contributed by atoms with van der Waals surface area (Å²) in [5.41, 5.74) is 7.89. The van der Waals surface area contributed by atoms with Gasteiger partial charge in [-0.25, -0.2) is 4.98 Å². The predicted octanol–water partition coefficient (Wildman–Crippen LogP) is 3.85. The largest absolute Gasteiger partial charge is 0.382 e. The van der Waals surface area contributed by atoms with Crippen LogP contribution in [0.5, 0.6) is 0 Å². The minimum atomic E-state index is -0.0483. The molecule has 0 amide bonds. The van der Waals surface area contributed by atoms with Crippen molar-refractivity contribution >= 4 is 28.8 Å². The van der Waals surface area contributed by atoms with Crippen molar-refractivity contribution in [1.82, 2.24) is 14.5 Å². The van der Waals surface area contributed by atoms with Crippen LogP contribution in [0, 0.1) is 0 Å². The number of halogens is 1. The smallest absolute Gasteiger partial charge is 0.250 e. The van der Waals surface area contributed by atoms with Gasteiger partial charge in [-0.3, -0.25) is 9.78 Å². The molecule has 2 N–H and O–H groups in total. The molecular weight excluding hydrogens is 332 g/mol. The zero-order chi connectivity index (χ0) is 16.6. The van der Waals surface area contributed by atoms with E-state index < -0.39 is 0 Å². The third-order valence-electron chi connectivity index (χ3n) is 3.37. The van der Waals surface area contributed by atoms with Crippen molar-refractivity contribution in [1.29, 1.82) is 0 Å². The van der Waals surface area contributed by atoms with Crippen LogP contribution in [-0.4, -0.2) is 14.5 Å². The molecule has 3 rings (SSSR count). The summed E-state index contributed by atoms with van der Waals surface area (Å²) in [4.78, 5) is 21.7. The number of nitrogens with zero attached hydrogens (tertiary/aromatic N) is 3. The molecule has 0 fully saturated rings. The summed E-state index contributed by atoms with van der Waals surface area (Å²) in [7, 11) is 0. The summed E-state index contributed by atoms with van der Waals surface area (Å²) in [6.45, 7) is 3.92. The minimum Gasteiger partial charge on any atom is -0.382 e. The number of anilines is 1. The molecule has 0 spiro atoms. The molecule has 0 radical (unpaired) electrons. The van der Waals surface area contributed by atoms with Crippen molar-refractivity contribution in [2.24, 2.45) is 0 Å². The molecular formula is C16H15ClN4OS. The van der Waals surface area contributed by atoms with Gasteiger partial charge >= 0.3 is 0 Å². The third-order valence-corrected chi connectivity index (χ3v) is 4.60. The average Bonchev–Trinajstić information content (AvgIpc) is 2.94. The average molecular weight is 347 g/mol. The summed E-state index contributed by atoms with van der Waals surface area (Å²) >= 11 is 7.44. The van der Waals surface area contributed by atoms with Crippen LogP contribution in [0.3, 0.4) is 0 Å². The standard InChI is InChI=1S/C16H15ClN4OS/c1-9(2)21-8-10(3-6-14(21)22)15-16(20-13(18)7-19-15)11-4-5-12(17)23-11/h3-9H,1-2H3,(H2,18,20). The molecule has 118 valence electrons. The Bertz CT molecular complexity index is 916. The van der Waals surface area contributed by atoms with Gasteiger partial charge in [0.15, 0.2) is 0 Å². The second-order valence-electron chi connectivity index (χ2n) is 5.35. The molecule has 0 saturated heterocycles. The Kier molecular flexibility index (Phi) is 4.19. The predicted molar refractivity (Wildman–Crippen MR) is 94.8 cm³/mol. The van der Waals surface area contributed by atoms with E-state index >= 15 is 0 Å². The first kappa shape index (κ1) is 15.7. The molecule has 0 atom stereocenters. The van der Waals surface area contributed by atoms with E-state index in [1.807, 2.05) is 26.0 Å². The second-order valence-corrected chi connectivity index (χ2v) is 7.07. The number of aromatic nitrogens is 3. The summed E-state index contributed by atoms with van der Waals surface area (Å²) in [5.74, 6) is 0.338. The van der Waals surface area contributed by atoms with Gasteiger partial charge in [0.25, 0.3) is 5.56 Å². The molecule has 5 nitrogen and oxygen atoms in total. The fourth-order valence-corrected chi connectivity index (χ4v) is 3.31. The zero-order valence-corrected chi connectivity index (χ0v) is 14.2. The van der Waals surface area contributed by atoms with Crippen LogP contribution in [0.4, 0.5) is 5.82 Å². The molecule has 0 unspecified atom stereocenters. The highest BCUT2D eigenvalue weighted by Crippen LogP contribution is 2.35. The van der Waals surface area contributed by atoms with Gasteiger partial charge in [0.1, 0.15) is 11.5 Å². The first-order chi connectivity index (χ1) is 11.0. The fourth-order valence-electron chi connectivity index (χ4n) is 2.27. The molecule has 0 saturated carbocycles. The van der Waals surface area contributed by atoms with Gasteiger partial charge in [-0.15, -0.1) is 11.3 Å². The highest BCUT2D eigenvalue weighted by Gasteiger charge is 2.15. The number of pyridine rings is 1. The van der Waals surface area contributed by atoms with Gasteiger partial charge in [0, 0.05) is 23.9 Å². The molecule has 3 aromatic rings. The van der Waals surface area contributed by atoms with E-state index in [2.05, 4.69) is 9.97 Å². The summed E-state index contributed by atoms with van der Waals surface area (Å²) in [6.07, 6.45) is 3.31. The quantitative estimate of drug-likeness (QED) is 0.781. The Labute approximate surface area is 142 Å². The Balaban J connectivity index is 2.21. The van der Waals surface area contributed by atoms with Crippen molar-refractivity contribution < 1.29 is 0 Å². The van der Waals surface area contributed by atoms with Crippen LogP contribution in [-0.2, 0) is 0 Å². The Morgan fingerprint density at radius 2 is 2.00 bits per heavy atom. The topological polar surface area (TPSA) is 73.8 Å². The number of nitrogen functional groups attached to an aromatic ring is 1. The van der Waals surface area contributed by atoms with E-state index in [0.29, 0.717) is 21.5 Å². The van der Waals surface area contributed by atoms with Crippen LogP contribution < -0.4 is 11.3 Å². The monoisotopic (exact) mass is 346 g/mol. The Morgan fingerprint density at radius 3 is 2.65 bits per heavy atom. The molecule has 23 heavy (non-hydrogen) atoms. The van der Waals surface area contributed by atoms with Crippen molar-refractivity contribution in [2.45, 2.75) is 19.9 Å². The van der Waals surface area contributed by atoms with E-state index in [1.54, 1.807) is 22.9 Å². The van der Waals surface area contributed by atoms with E-state index in [0.717, 1.165) is 10.4 Å². The molecule has 3 heterocycles. The van der Waals surface area contributed by atoms with Gasteiger partial charge in [0.05, 0.1) is 21.1 Å². The number of hydrogen-bond acceptors (Lipinski definition) is 5. The molecule has 0 bridgehead atoms. The van der Waals surface area contributed by atoms with Crippen molar-refractivity contribution in [3.63, 3.8) is 0 Å². The lowest BCUT2D eigenvalue weighted by Gasteiger charge is -2.13. The van der Waals surface area contributed by atoms with Crippen molar-refractivity contribution in [3.05, 3.63) is 51.3 Å². The molecule has 0 aliphatic carbocycles.